The molecular formula is C11H16O4. The van der Waals surface area contributed by atoms with Crippen molar-refractivity contribution in [1.29, 1.82) is 0 Å². The first-order valence-electron chi connectivity index (χ1n) is 5.53. The maximum absolute atomic E-state index is 11.6. The van der Waals surface area contributed by atoms with Gasteiger partial charge in [-0.1, -0.05) is 0 Å². The minimum Gasteiger partial charge on any atom is -0.463 e. The van der Waals surface area contributed by atoms with Crippen LogP contribution in [0, 0.1) is 11.8 Å². The largest absolute Gasteiger partial charge is 0.463 e. The van der Waals surface area contributed by atoms with Crippen LogP contribution in [0.1, 0.15) is 25.7 Å². The maximum Gasteiger partial charge on any atom is 0.309 e. The van der Waals surface area contributed by atoms with Crippen LogP contribution in [0.3, 0.4) is 0 Å². The van der Waals surface area contributed by atoms with E-state index in [1.165, 1.54) is 0 Å². The first-order chi connectivity index (χ1) is 7.29. The lowest BCUT2D eigenvalue weighted by molar-refractivity contribution is -0.150. The van der Waals surface area contributed by atoms with Crippen molar-refractivity contribution >= 4 is 12.3 Å². The van der Waals surface area contributed by atoms with Gasteiger partial charge >= 0.3 is 5.97 Å². The molecule has 2 fully saturated rings. The van der Waals surface area contributed by atoms with E-state index in [9.17, 15) is 9.59 Å². The van der Waals surface area contributed by atoms with Crippen molar-refractivity contribution in [3.8, 4) is 0 Å². The molecule has 0 N–H and O–H groups in total. The van der Waals surface area contributed by atoms with Crippen LogP contribution >= 0.6 is 0 Å². The van der Waals surface area contributed by atoms with Gasteiger partial charge in [0.25, 0.3) is 0 Å². The zero-order valence-corrected chi connectivity index (χ0v) is 8.69. The summed E-state index contributed by atoms with van der Waals surface area (Å²) >= 11 is 0. The number of aldehydes is 1. The van der Waals surface area contributed by atoms with Gasteiger partial charge in [0, 0.05) is 5.92 Å². The van der Waals surface area contributed by atoms with Crippen molar-refractivity contribution in [2.45, 2.75) is 31.8 Å². The SMILES string of the molecule is O=CC1CCC(C(=O)OCC2CO2)CC1. The molecule has 1 aliphatic carbocycles. The van der Waals surface area contributed by atoms with Crippen molar-refractivity contribution < 1.29 is 19.1 Å². The summed E-state index contributed by atoms with van der Waals surface area (Å²) in [6.07, 6.45) is 4.35. The summed E-state index contributed by atoms with van der Waals surface area (Å²) in [4.78, 5) is 22.1. The molecule has 0 radical (unpaired) electrons. The van der Waals surface area contributed by atoms with Gasteiger partial charge in [-0.2, -0.15) is 0 Å². The smallest absolute Gasteiger partial charge is 0.309 e. The highest BCUT2D eigenvalue weighted by molar-refractivity contribution is 5.72. The highest BCUT2D eigenvalue weighted by Crippen LogP contribution is 2.28. The minimum absolute atomic E-state index is 0.0000463. The second-order valence-electron chi connectivity index (χ2n) is 4.33. The number of hydrogen-bond acceptors (Lipinski definition) is 4. The van der Waals surface area contributed by atoms with E-state index in [0.29, 0.717) is 13.2 Å². The number of carbonyl (C=O) groups is 2. The van der Waals surface area contributed by atoms with Gasteiger partial charge in [0.1, 0.15) is 19.0 Å². The summed E-state index contributed by atoms with van der Waals surface area (Å²) in [5.41, 5.74) is 0. The molecule has 1 saturated carbocycles. The molecule has 4 nitrogen and oxygen atoms in total. The predicted molar refractivity (Wildman–Crippen MR) is 52.2 cm³/mol. The third-order valence-corrected chi connectivity index (χ3v) is 3.11. The van der Waals surface area contributed by atoms with Crippen LogP contribution in [0.4, 0.5) is 0 Å². The average molecular weight is 212 g/mol. The fourth-order valence-corrected chi connectivity index (χ4v) is 1.95. The van der Waals surface area contributed by atoms with Crippen molar-refractivity contribution in [3.63, 3.8) is 0 Å². The lowest BCUT2D eigenvalue weighted by Crippen LogP contribution is -2.25. The summed E-state index contributed by atoms with van der Waals surface area (Å²) in [5.74, 6) is 0.0376. The van der Waals surface area contributed by atoms with Crippen LogP contribution in [0.5, 0.6) is 0 Å². The monoisotopic (exact) mass is 212 g/mol. The van der Waals surface area contributed by atoms with Crippen LogP contribution in [-0.2, 0) is 19.1 Å². The second-order valence-corrected chi connectivity index (χ2v) is 4.33. The minimum atomic E-state index is -0.116. The van der Waals surface area contributed by atoms with E-state index in [4.69, 9.17) is 9.47 Å². The molecular weight excluding hydrogens is 196 g/mol. The number of ether oxygens (including phenoxy) is 2. The third-order valence-electron chi connectivity index (χ3n) is 3.11. The number of esters is 1. The van der Waals surface area contributed by atoms with Gasteiger partial charge in [-0.25, -0.2) is 0 Å². The Morgan fingerprint density at radius 1 is 1.33 bits per heavy atom. The standard InChI is InChI=1S/C11H16O4/c12-5-8-1-3-9(4-2-8)11(13)15-7-10-6-14-10/h5,8-10H,1-4,6-7H2. The van der Waals surface area contributed by atoms with Crippen molar-refractivity contribution in [3.05, 3.63) is 0 Å². The maximum atomic E-state index is 11.6. The van der Waals surface area contributed by atoms with Crippen molar-refractivity contribution in [2.75, 3.05) is 13.2 Å². The van der Waals surface area contributed by atoms with Gasteiger partial charge in [0.15, 0.2) is 0 Å². The van der Waals surface area contributed by atoms with Crippen LogP contribution in [0.25, 0.3) is 0 Å². The fourth-order valence-electron chi connectivity index (χ4n) is 1.95. The molecule has 84 valence electrons. The molecule has 0 aromatic heterocycles. The second kappa shape index (κ2) is 4.75. The van der Waals surface area contributed by atoms with Gasteiger partial charge in [-0.05, 0) is 25.7 Å². The molecule has 1 aliphatic heterocycles. The predicted octanol–water partition coefficient (Wildman–Crippen LogP) is 0.934. The van der Waals surface area contributed by atoms with E-state index < -0.39 is 0 Å². The summed E-state index contributed by atoms with van der Waals surface area (Å²) in [5, 5.41) is 0. The Morgan fingerprint density at radius 2 is 2.00 bits per heavy atom. The molecule has 1 atom stereocenters. The molecule has 0 bridgehead atoms. The molecule has 1 heterocycles. The lowest BCUT2D eigenvalue weighted by Gasteiger charge is -2.23. The van der Waals surface area contributed by atoms with Crippen LogP contribution in [0.2, 0.25) is 0 Å². The molecule has 0 aromatic carbocycles. The van der Waals surface area contributed by atoms with E-state index in [1.54, 1.807) is 0 Å². The first-order valence-corrected chi connectivity index (χ1v) is 5.53. The number of hydrogen-bond donors (Lipinski definition) is 0. The molecule has 1 unspecified atom stereocenters. The Hall–Kier alpha value is -0.900. The third kappa shape index (κ3) is 3.02. The number of epoxide rings is 1. The van der Waals surface area contributed by atoms with E-state index in [0.717, 1.165) is 32.0 Å². The Kier molecular flexibility index (Phi) is 3.36. The molecule has 15 heavy (non-hydrogen) atoms. The van der Waals surface area contributed by atoms with E-state index >= 15 is 0 Å². The van der Waals surface area contributed by atoms with Crippen LogP contribution < -0.4 is 0 Å². The van der Waals surface area contributed by atoms with E-state index in [2.05, 4.69) is 0 Å². The Morgan fingerprint density at radius 3 is 2.53 bits per heavy atom. The van der Waals surface area contributed by atoms with Crippen molar-refractivity contribution in [1.82, 2.24) is 0 Å². The zero-order valence-electron chi connectivity index (χ0n) is 8.69. The topological polar surface area (TPSA) is 55.9 Å². The highest BCUT2D eigenvalue weighted by atomic mass is 16.6. The molecule has 0 aromatic rings. The quantitative estimate of drug-likeness (QED) is 0.395. The zero-order chi connectivity index (χ0) is 10.7. The number of rotatable bonds is 4. The van der Waals surface area contributed by atoms with E-state index in [1.807, 2.05) is 0 Å². The molecule has 0 spiro atoms. The van der Waals surface area contributed by atoms with Gasteiger partial charge < -0.3 is 14.3 Å². The Labute approximate surface area is 88.9 Å². The fraction of sp³-hybridized carbons (Fsp3) is 0.818. The molecule has 0 amide bonds. The average Bonchev–Trinajstić information content (AvgIpc) is 3.10. The van der Waals surface area contributed by atoms with E-state index in [-0.39, 0.29) is 23.9 Å². The first kappa shape index (κ1) is 10.6. The summed E-state index contributed by atoms with van der Waals surface area (Å²) in [6, 6.07) is 0. The van der Waals surface area contributed by atoms with Crippen LogP contribution in [0.15, 0.2) is 0 Å². The summed E-state index contributed by atoms with van der Waals surface area (Å²) in [6.45, 7) is 1.11. The molecule has 2 aliphatic rings. The van der Waals surface area contributed by atoms with Crippen LogP contribution in [-0.4, -0.2) is 31.6 Å². The van der Waals surface area contributed by atoms with Gasteiger partial charge in [0.05, 0.1) is 12.5 Å². The normalized spacial score (nSPS) is 34.5. The molecule has 4 heteroatoms. The number of carbonyl (C=O) groups excluding carboxylic acids is 2. The summed E-state index contributed by atoms with van der Waals surface area (Å²) < 4.78 is 10.1. The van der Waals surface area contributed by atoms with Crippen molar-refractivity contribution in [2.24, 2.45) is 11.8 Å². The summed E-state index contributed by atoms with van der Waals surface area (Å²) in [7, 11) is 0. The van der Waals surface area contributed by atoms with Gasteiger partial charge in [-0.3, -0.25) is 4.79 Å². The molecule has 2 rings (SSSR count). The molecule has 1 saturated heterocycles. The highest BCUT2D eigenvalue weighted by Gasteiger charge is 2.29. The van der Waals surface area contributed by atoms with Gasteiger partial charge in [-0.15, -0.1) is 0 Å². The Balaban J connectivity index is 1.69. The van der Waals surface area contributed by atoms with Gasteiger partial charge in [0.2, 0.25) is 0 Å². The lowest BCUT2D eigenvalue weighted by atomic mass is 9.83. The Bertz CT molecular complexity index is 239.